The van der Waals surface area contributed by atoms with E-state index >= 15 is 0 Å². The normalized spacial score (nSPS) is 16.7. The average Bonchev–Trinajstić information content (AvgIpc) is 3.41. The van der Waals surface area contributed by atoms with Crippen LogP contribution in [0, 0.1) is 0 Å². The fourth-order valence-electron chi connectivity index (χ4n) is 3.73. The molecule has 28 heavy (non-hydrogen) atoms. The highest BCUT2D eigenvalue weighted by Crippen LogP contribution is 2.29. The molecule has 9 heteroatoms. The van der Waals surface area contributed by atoms with Crippen LogP contribution in [0.3, 0.4) is 0 Å². The Morgan fingerprint density at radius 3 is 2.96 bits per heavy atom. The molecule has 0 aliphatic carbocycles. The molecule has 1 aliphatic heterocycles. The fraction of sp³-hybridized carbons (Fsp3) is 0.263. The number of aromatic nitrogens is 7. The Bertz CT molecular complexity index is 1160. The zero-order valence-electron chi connectivity index (χ0n) is 15.1. The molecule has 1 fully saturated rings. The van der Waals surface area contributed by atoms with Crippen molar-refractivity contribution in [2.75, 3.05) is 11.4 Å². The van der Waals surface area contributed by atoms with Gasteiger partial charge in [-0.1, -0.05) is 0 Å². The van der Waals surface area contributed by atoms with Gasteiger partial charge in [-0.2, -0.15) is 5.10 Å². The van der Waals surface area contributed by atoms with E-state index in [9.17, 15) is 4.79 Å². The van der Waals surface area contributed by atoms with Crippen LogP contribution in [0.4, 0.5) is 5.82 Å². The number of nitrogens with zero attached hydrogens (tertiary/aromatic N) is 8. The Hall–Kier alpha value is -3.62. The molecule has 0 N–H and O–H groups in total. The first-order chi connectivity index (χ1) is 13.8. The van der Waals surface area contributed by atoms with Crippen molar-refractivity contribution in [2.24, 2.45) is 0 Å². The number of hydrogen-bond acceptors (Lipinski definition) is 7. The van der Waals surface area contributed by atoms with Crippen molar-refractivity contribution in [3.63, 3.8) is 0 Å². The molecule has 4 aromatic rings. The predicted molar refractivity (Wildman–Crippen MR) is 103 cm³/mol. The summed E-state index contributed by atoms with van der Waals surface area (Å²) in [5, 5.41) is 5.50. The SMILES string of the molecule is O=c1ccc(-n2ccnc2)nn1CC1CCCN1c1ncnc2cnccc12. The van der Waals surface area contributed by atoms with Crippen LogP contribution in [0.15, 0.2) is 60.4 Å². The van der Waals surface area contributed by atoms with E-state index in [0.29, 0.717) is 12.4 Å². The molecule has 1 atom stereocenters. The summed E-state index contributed by atoms with van der Waals surface area (Å²) >= 11 is 0. The topological polar surface area (TPSA) is 94.6 Å². The number of hydrogen-bond donors (Lipinski definition) is 0. The molecule has 0 aromatic carbocycles. The number of pyridine rings is 1. The van der Waals surface area contributed by atoms with Crippen LogP contribution in [-0.4, -0.2) is 46.9 Å². The number of fused-ring (bicyclic) bond motifs is 1. The van der Waals surface area contributed by atoms with E-state index in [1.165, 1.54) is 4.68 Å². The molecule has 5 rings (SSSR count). The standard InChI is InChI=1S/C19H18N8O/c28-18-4-3-17(25-9-7-21-13-25)24-27(18)11-14-2-1-8-26(14)19-15-5-6-20-10-16(15)22-12-23-19/h3-7,9-10,12-14H,1-2,8,11H2. The second-order valence-electron chi connectivity index (χ2n) is 6.76. The van der Waals surface area contributed by atoms with Crippen molar-refractivity contribution in [2.45, 2.75) is 25.4 Å². The van der Waals surface area contributed by atoms with E-state index in [2.05, 4.69) is 29.9 Å². The van der Waals surface area contributed by atoms with Gasteiger partial charge in [0.25, 0.3) is 5.56 Å². The monoisotopic (exact) mass is 374 g/mol. The quantitative estimate of drug-likeness (QED) is 0.533. The summed E-state index contributed by atoms with van der Waals surface area (Å²) < 4.78 is 3.32. The molecule has 5 heterocycles. The summed E-state index contributed by atoms with van der Waals surface area (Å²) in [4.78, 5) is 31.7. The van der Waals surface area contributed by atoms with Gasteiger partial charge >= 0.3 is 0 Å². The van der Waals surface area contributed by atoms with Gasteiger partial charge in [0, 0.05) is 36.6 Å². The van der Waals surface area contributed by atoms with Crippen molar-refractivity contribution in [1.82, 2.24) is 34.3 Å². The van der Waals surface area contributed by atoms with Gasteiger partial charge in [0.15, 0.2) is 5.82 Å². The van der Waals surface area contributed by atoms with Crippen LogP contribution in [0.1, 0.15) is 12.8 Å². The molecule has 0 amide bonds. The summed E-state index contributed by atoms with van der Waals surface area (Å²) in [6.45, 7) is 1.38. The van der Waals surface area contributed by atoms with Crippen molar-refractivity contribution in [3.8, 4) is 5.82 Å². The van der Waals surface area contributed by atoms with E-state index < -0.39 is 0 Å². The van der Waals surface area contributed by atoms with Crippen molar-refractivity contribution < 1.29 is 0 Å². The van der Waals surface area contributed by atoms with Crippen LogP contribution < -0.4 is 10.5 Å². The predicted octanol–water partition coefficient (Wildman–Crippen LogP) is 1.44. The third kappa shape index (κ3) is 2.90. The van der Waals surface area contributed by atoms with Gasteiger partial charge in [0.2, 0.25) is 0 Å². The van der Waals surface area contributed by atoms with Crippen molar-refractivity contribution in [3.05, 3.63) is 66.0 Å². The Labute approximate surface area is 160 Å². The van der Waals surface area contributed by atoms with E-state index in [1.807, 2.05) is 6.07 Å². The Balaban J connectivity index is 1.48. The van der Waals surface area contributed by atoms with Gasteiger partial charge in [0.05, 0.1) is 24.3 Å². The lowest BCUT2D eigenvalue weighted by atomic mass is 10.2. The Kier molecular flexibility index (Phi) is 4.04. The maximum Gasteiger partial charge on any atom is 0.266 e. The van der Waals surface area contributed by atoms with Gasteiger partial charge in [-0.25, -0.2) is 19.6 Å². The summed E-state index contributed by atoms with van der Waals surface area (Å²) in [7, 11) is 0. The van der Waals surface area contributed by atoms with Gasteiger partial charge in [-0.05, 0) is 25.0 Å². The molecule has 9 nitrogen and oxygen atoms in total. The van der Waals surface area contributed by atoms with Crippen molar-refractivity contribution in [1.29, 1.82) is 0 Å². The highest BCUT2D eigenvalue weighted by Gasteiger charge is 2.28. The van der Waals surface area contributed by atoms with Crippen LogP contribution in [0.5, 0.6) is 0 Å². The highest BCUT2D eigenvalue weighted by atomic mass is 16.1. The lowest BCUT2D eigenvalue weighted by Crippen LogP contribution is -2.37. The first-order valence-corrected chi connectivity index (χ1v) is 9.17. The smallest absolute Gasteiger partial charge is 0.266 e. The van der Waals surface area contributed by atoms with E-state index in [4.69, 9.17) is 0 Å². The molecule has 140 valence electrons. The fourth-order valence-corrected chi connectivity index (χ4v) is 3.73. The van der Waals surface area contributed by atoms with Crippen LogP contribution in [-0.2, 0) is 6.54 Å². The molecule has 0 spiro atoms. The molecule has 1 saturated heterocycles. The van der Waals surface area contributed by atoms with E-state index in [1.54, 1.807) is 54.1 Å². The van der Waals surface area contributed by atoms with Crippen LogP contribution in [0.25, 0.3) is 16.7 Å². The summed E-state index contributed by atoms with van der Waals surface area (Å²) in [5.74, 6) is 1.55. The largest absolute Gasteiger partial charge is 0.351 e. The molecule has 1 unspecified atom stereocenters. The highest BCUT2D eigenvalue weighted by molar-refractivity contribution is 5.88. The molecule has 4 aromatic heterocycles. The lowest BCUT2D eigenvalue weighted by molar-refractivity contribution is 0.485. The molecule has 1 aliphatic rings. The first kappa shape index (κ1) is 16.5. The number of imidazole rings is 1. The second-order valence-corrected chi connectivity index (χ2v) is 6.76. The Morgan fingerprint density at radius 2 is 2.07 bits per heavy atom. The summed E-state index contributed by atoms with van der Waals surface area (Å²) in [6, 6.07) is 5.32. The van der Waals surface area contributed by atoms with Crippen molar-refractivity contribution >= 4 is 16.7 Å². The van der Waals surface area contributed by atoms with E-state index in [0.717, 1.165) is 36.1 Å². The third-order valence-corrected chi connectivity index (χ3v) is 5.07. The molecule has 0 radical (unpaired) electrons. The second kappa shape index (κ2) is 6.84. The number of anilines is 1. The minimum absolute atomic E-state index is 0.118. The third-order valence-electron chi connectivity index (χ3n) is 5.07. The summed E-state index contributed by atoms with van der Waals surface area (Å²) in [5.41, 5.74) is 0.697. The van der Waals surface area contributed by atoms with Crippen LogP contribution >= 0.6 is 0 Å². The van der Waals surface area contributed by atoms with E-state index in [-0.39, 0.29) is 11.6 Å². The minimum atomic E-state index is -0.118. The van der Waals surface area contributed by atoms with Gasteiger partial charge in [0.1, 0.15) is 18.5 Å². The Morgan fingerprint density at radius 1 is 1.11 bits per heavy atom. The zero-order chi connectivity index (χ0) is 18.9. The average molecular weight is 374 g/mol. The maximum atomic E-state index is 12.4. The summed E-state index contributed by atoms with van der Waals surface area (Å²) in [6.07, 6.45) is 12.2. The zero-order valence-corrected chi connectivity index (χ0v) is 15.1. The maximum absolute atomic E-state index is 12.4. The van der Waals surface area contributed by atoms with Gasteiger partial charge < -0.3 is 4.90 Å². The van der Waals surface area contributed by atoms with Gasteiger partial charge in [-0.3, -0.25) is 14.3 Å². The lowest BCUT2D eigenvalue weighted by Gasteiger charge is -2.26. The number of rotatable bonds is 4. The minimum Gasteiger partial charge on any atom is -0.351 e. The van der Waals surface area contributed by atoms with Crippen LogP contribution in [0.2, 0.25) is 0 Å². The molecule has 0 saturated carbocycles. The molecular formula is C19H18N8O. The first-order valence-electron chi connectivity index (χ1n) is 9.17. The van der Waals surface area contributed by atoms with Gasteiger partial charge in [-0.15, -0.1) is 0 Å². The molecule has 0 bridgehead atoms. The molecular weight excluding hydrogens is 356 g/mol.